The summed E-state index contributed by atoms with van der Waals surface area (Å²) in [7, 11) is -2.97. The first kappa shape index (κ1) is 17.0. The van der Waals surface area contributed by atoms with E-state index in [-0.39, 0.29) is 16.5 Å². The van der Waals surface area contributed by atoms with Gasteiger partial charge in [0.2, 0.25) is 0 Å². The Morgan fingerprint density at radius 3 is 2.52 bits per heavy atom. The van der Waals surface area contributed by atoms with Crippen molar-refractivity contribution < 1.29 is 22.5 Å². The number of anilines is 1. The topological polar surface area (TPSA) is 98.5 Å². The van der Waals surface area contributed by atoms with Crippen LogP contribution >= 0.6 is 11.6 Å². The van der Waals surface area contributed by atoms with Crippen LogP contribution < -0.4 is 9.46 Å². The van der Waals surface area contributed by atoms with E-state index in [0.29, 0.717) is 0 Å². The average molecular weight is 361 g/mol. The summed E-state index contributed by atoms with van der Waals surface area (Å²) in [6.07, 6.45) is 0. The molecule has 0 spiro atoms. The van der Waals surface area contributed by atoms with Crippen LogP contribution in [-0.4, -0.2) is 20.5 Å². The number of nitro groups is 1. The molecule has 0 heterocycles. The Labute approximate surface area is 135 Å². The van der Waals surface area contributed by atoms with E-state index in [2.05, 4.69) is 4.72 Å². The Bertz CT molecular complexity index is 873. The number of halogens is 2. The zero-order chi connectivity index (χ0) is 17.2. The lowest BCUT2D eigenvalue weighted by atomic mass is 10.3. The highest BCUT2D eigenvalue weighted by Gasteiger charge is 2.23. The van der Waals surface area contributed by atoms with Crippen LogP contribution in [0.2, 0.25) is 5.02 Å². The first-order valence-electron chi connectivity index (χ1n) is 6.05. The molecule has 0 aliphatic rings. The second-order valence-corrected chi connectivity index (χ2v) is 6.38. The number of rotatable bonds is 5. The maximum Gasteiger partial charge on any atom is 0.271 e. The van der Waals surface area contributed by atoms with E-state index in [0.717, 1.165) is 24.3 Å². The molecule has 0 bridgehead atoms. The van der Waals surface area contributed by atoms with Crippen LogP contribution in [0.1, 0.15) is 0 Å². The molecule has 0 saturated heterocycles. The molecule has 0 aliphatic carbocycles. The second-order valence-electron chi connectivity index (χ2n) is 4.33. The monoisotopic (exact) mass is 360 g/mol. The molecule has 0 saturated carbocycles. The molecule has 0 unspecified atom stereocenters. The first-order valence-corrected chi connectivity index (χ1v) is 7.91. The van der Waals surface area contributed by atoms with Crippen LogP contribution in [-0.2, 0) is 10.0 Å². The number of nitrogens with one attached hydrogen (secondary N) is 1. The minimum Gasteiger partial charge on any atom is -0.495 e. The van der Waals surface area contributed by atoms with Crippen molar-refractivity contribution in [2.45, 2.75) is 4.90 Å². The average Bonchev–Trinajstić information content (AvgIpc) is 2.50. The standard InChI is InChI=1S/C13H10ClFN2O5S/c1-22-12-5-3-9(17(18)19)7-13(12)23(20,21)16-8-2-4-11(15)10(14)6-8/h2-7,16H,1H3. The summed E-state index contributed by atoms with van der Waals surface area (Å²) < 4.78 is 45.0. The lowest BCUT2D eigenvalue weighted by Crippen LogP contribution is -2.14. The van der Waals surface area contributed by atoms with Gasteiger partial charge in [0.1, 0.15) is 16.5 Å². The van der Waals surface area contributed by atoms with Crippen LogP contribution in [0, 0.1) is 15.9 Å². The number of sulfonamides is 1. The zero-order valence-corrected chi connectivity index (χ0v) is 13.2. The Balaban J connectivity index is 2.47. The summed E-state index contributed by atoms with van der Waals surface area (Å²) in [4.78, 5) is 9.66. The molecule has 0 fully saturated rings. The molecule has 0 aliphatic heterocycles. The molecular formula is C13H10ClFN2O5S. The Morgan fingerprint density at radius 1 is 1.26 bits per heavy atom. The summed E-state index contributed by atoms with van der Waals surface area (Å²) in [5.41, 5.74) is -0.409. The van der Waals surface area contributed by atoms with Gasteiger partial charge >= 0.3 is 0 Å². The van der Waals surface area contributed by atoms with Crippen molar-refractivity contribution in [3.63, 3.8) is 0 Å². The van der Waals surface area contributed by atoms with E-state index in [1.54, 1.807) is 0 Å². The molecule has 23 heavy (non-hydrogen) atoms. The van der Waals surface area contributed by atoms with Crippen LogP contribution in [0.5, 0.6) is 5.75 Å². The van der Waals surface area contributed by atoms with Gasteiger partial charge in [0.05, 0.1) is 22.7 Å². The zero-order valence-electron chi connectivity index (χ0n) is 11.6. The van der Waals surface area contributed by atoms with E-state index in [1.807, 2.05) is 0 Å². The van der Waals surface area contributed by atoms with Gasteiger partial charge in [-0.05, 0) is 24.3 Å². The molecule has 2 aromatic carbocycles. The molecule has 10 heteroatoms. The van der Waals surface area contributed by atoms with Crippen LogP contribution in [0.4, 0.5) is 15.8 Å². The quantitative estimate of drug-likeness (QED) is 0.652. The largest absolute Gasteiger partial charge is 0.495 e. The molecule has 1 N–H and O–H groups in total. The van der Waals surface area contributed by atoms with Crippen LogP contribution in [0.3, 0.4) is 0 Å². The molecule has 0 atom stereocenters. The van der Waals surface area contributed by atoms with Gasteiger partial charge in [-0.15, -0.1) is 0 Å². The van der Waals surface area contributed by atoms with Gasteiger partial charge in [-0.1, -0.05) is 11.6 Å². The van der Waals surface area contributed by atoms with Crippen molar-refractivity contribution in [3.05, 3.63) is 57.4 Å². The van der Waals surface area contributed by atoms with Crippen molar-refractivity contribution in [2.24, 2.45) is 0 Å². The number of methoxy groups -OCH3 is 1. The van der Waals surface area contributed by atoms with Crippen LogP contribution in [0.15, 0.2) is 41.3 Å². The molecule has 2 aromatic rings. The van der Waals surface area contributed by atoms with Crippen molar-refractivity contribution in [3.8, 4) is 5.75 Å². The number of nitro benzene ring substituents is 1. The molecule has 7 nitrogen and oxygen atoms in total. The van der Waals surface area contributed by atoms with E-state index in [1.165, 1.54) is 19.2 Å². The maximum absolute atomic E-state index is 13.1. The van der Waals surface area contributed by atoms with Gasteiger partial charge in [-0.2, -0.15) is 0 Å². The van der Waals surface area contributed by atoms with Gasteiger partial charge in [0.25, 0.3) is 15.7 Å². The minimum absolute atomic E-state index is 0.00459. The third-order valence-corrected chi connectivity index (χ3v) is 4.51. The van der Waals surface area contributed by atoms with Crippen molar-refractivity contribution in [1.29, 1.82) is 0 Å². The van der Waals surface area contributed by atoms with Gasteiger partial charge in [-0.3, -0.25) is 14.8 Å². The summed E-state index contributed by atoms with van der Waals surface area (Å²) in [5, 5.41) is 10.5. The smallest absolute Gasteiger partial charge is 0.271 e. The van der Waals surface area contributed by atoms with Gasteiger partial charge in [0, 0.05) is 12.1 Å². The third-order valence-electron chi connectivity index (χ3n) is 2.82. The molecule has 122 valence electrons. The summed E-state index contributed by atoms with van der Waals surface area (Å²) in [6, 6.07) is 6.40. The second kappa shape index (κ2) is 6.39. The predicted molar refractivity (Wildman–Crippen MR) is 81.9 cm³/mol. The predicted octanol–water partition coefficient (Wildman–Crippen LogP) is 3.20. The van der Waals surface area contributed by atoms with Crippen molar-refractivity contribution >= 4 is 33.0 Å². The lowest BCUT2D eigenvalue weighted by Gasteiger charge is -2.11. The van der Waals surface area contributed by atoms with E-state index >= 15 is 0 Å². The van der Waals surface area contributed by atoms with E-state index < -0.39 is 31.3 Å². The fraction of sp³-hybridized carbons (Fsp3) is 0.0769. The summed E-state index contributed by atoms with van der Waals surface area (Å²) in [6.45, 7) is 0. The fourth-order valence-electron chi connectivity index (χ4n) is 1.76. The number of non-ortho nitro benzene ring substituents is 1. The highest BCUT2D eigenvalue weighted by atomic mass is 35.5. The Hall–Kier alpha value is -2.39. The highest BCUT2D eigenvalue weighted by Crippen LogP contribution is 2.30. The maximum atomic E-state index is 13.1. The number of benzene rings is 2. The Morgan fingerprint density at radius 2 is 1.96 bits per heavy atom. The third kappa shape index (κ3) is 3.69. The molecule has 0 aromatic heterocycles. The molecule has 2 rings (SSSR count). The van der Waals surface area contributed by atoms with Gasteiger partial charge in [-0.25, -0.2) is 12.8 Å². The van der Waals surface area contributed by atoms with E-state index in [4.69, 9.17) is 16.3 Å². The summed E-state index contributed by atoms with van der Waals surface area (Å²) >= 11 is 5.59. The highest BCUT2D eigenvalue weighted by molar-refractivity contribution is 7.92. The SMILES string of the molecule is COc1ccc([N+](=O)[O-])cc1S(=O)(=O)Nc1ccc(F)c(Cl)c1. The molecule has 0 amide bonds. The molecular weight excluding hydrogens is 351 g/mol. The number of hydrogen-bond donors (Lipinski definition) is 1. The number of hydrogen-bond acceptors (Lipinski definition) is 5. The first-order chi connectivity index (χ1) is 10.7. The van der Waals surface area contributed by atoms with Gasteiger partial charge < -0.3 is 4.74 Å². The number of nitrogens with zero attached hydrogens (tertiary/aromatic N) is 1. The number of ether oxygens (including phenoxy) is 1. The normalized spacial score (nSPS) is 11.1. The minimum atomic E-state index is -4.20. The summed E-state index contributed by atoms with van der Waals surface area (Å²) in [5.74, 6) is -0.779. The van der Waals surface area contributed by atoms with Gasteiger partial charge in [0.15, 0.2) is 0 Å². The van der Waals surface area contributed by atoms with E-state index in [9.17, 15) is 22.9 Å². The Kier molecular flexibility index (Phi) is 4.71. The lowest BCUT2D eigenvalue weighted by molar-refractivity contribution is -0.385. The van der Waals surface area contributed by atoms with Crippen LogP contribution in [0.25, 0.3) is 0 Å². The van der Waals surface area contributed by atoms with Crippen molar-refractivity contribution in [2.75, 3.05) is 11.8 Å². The van der Waals surface area contributed by atoms with Crippen molar-refractivity contribution in [1.82, 2.24) is 0 Å². The fourth-order valence-corrected chi connectivity index (χ4v) is 3.18. The molecule has 0 radical (unpaired) electrons.